The van der Waals surface area contributed by atoms with Crippen molar-refractivity contribution in [2.45, 2.75) is 19.4 Å². The van der Waals surface area contributed by atoms with Crippen LogP contribution in [0.1, 0.15) is 18.4 Å². The molecule has 0 radical (unpaired) electrons. The predicted octanol–water partition coefficient (Wildman–Crippen LogP) is 2.84. The second-order valence-electron chi connectivity index (χ2n) is 4.57. The van der Waals surface area contributed by atoms with Gasteiger partial charge >= 0.3 is 0 Å². The Hall–Kier alpha value is -0.730. The lowest BCUT2D eigenvalue weighted by Crippen LogP contribution is -2.35. The highest BCUT2D eigenvalue weighted by molar-refractivity contribution is 6.18. The summed E-state index contributed by atoms with van der Waals surface area (Å²) < 4.78 is 0. The second-order valence-corrected chi connectivity index (χ2v) is 4.88. The standard InChI is InChI=1S/C13H18ClNO/c14-8-12-4-2-6-15(10-12)9-11-3-1-5-13(16)7-11/h1,3,5,7,12,16H,2,4,6,8-10H2. The van der Waals surface area contributed by atoms with Crippen molar-refractivity contribution in [1.82, 2.24) is 4.90 Å². The zero-order valence-corrected chi connectivity index (χ0v) is 10.2. The largest absolute Gasteiger partial charge is 0.508 e. The van der Waals surface area contributed by atoms with Gasteiger partial charge in [0.15, 0.2) is 0 Å². The topological polar surface area (TPSA) is 23.5 Å². The van der Waals surface area contributed by atoms with Gasteiger partial charge in [-0.2, -0.15) is 0 Å². The minimum absolute atomic E-state index is 0.350. The Morgan fingerprint density at radius 2 is 2.31 bits per heavy atom. The van der Waals surface area contributed by atoms with Crippen LogP contribution in [-0.2, 0) is 6.54 Å². The fourth-order valence-corrected chi connectivity index (χ4v) is 2.59. The first kappa shape index (κ1) is 11.7. The lowest BCUT2D eigenvalue weighted by atomic mass is 9.99. The summed E-state index contributed by atoms with van der Waals surface area (Å²) >= 11 is 5.91. The Balaban J connectivity index is 1.94. The molecule has 0 aromatic heterocycles. The van der Waals surface area contributed by atoms with Crippen LogP contribution in [0, 0.1) is 5.92 Å². The maximum atomic E-state index is 9.40. The highest BCUT2D eigenvalue weighted by atomic mass is 35.5. The van der Waals surface area contributed by atoms with Gasteiger partial charge in [-0.1, -0.05) is 12.1 Å². The van der Waals surface area contributed by atoms with Gasteiger partial charge in [0, 0.05) is 19.0 Å². The monoisotopic (exact) mass is 239 g/mol. The van der Waals surface area contributed by atoms with Crippen LogP contribution in [0.25, 0.3) is 0 Å². The minimum atomic E-state index is 0.350. The number of halogens is 1. The van der Waals surface area contributed by atoms with Crippen molar-refractivity contribution in [2.24, 2.45) is 5.92 Å². The number of benzene rings is 1. The van der Waals surface area contributed by atoms with Crippen molar-refractivity contribution in [1.29, 1.82) is 0 Å². The third-order valence-corrected chi connectivity index (χ3v) is 3.57. The molecule has 1 aromatic rings. The van der Waals surface area contributed by atoms with Crippen molar-refractivity contribution >= 4 is 11.6 Å². The Morgan fingerprint density at radius 3 is 3.06 bits per heavy atom. The number of phenolic OH excluding ortho intramolecular Hbond substituents is 1. The Kier molecular flexibility index (Phi) is 4.08. The van der Waals surface area contributed by atoms with E-state index in [4.69, 9.17) is 11.6 Å². The molecule has 1 fully saturated rings. The molecule has 1 aromatic carbocycles. The normalized spacial score (nSPS) is 22.2. The van der Waals surface area contributed by atoms with Gasteiger partial charge < -0.3 is 5.11 Å². The summed E-state index contributed by atoms with van der Waals surface area (Å²) in [6, 6.07) is 7.50. The van der Waals surface area contributed by atoms with E-state index in [1.165, 1.54) is 18.4 Å². The highest BCUT2D eigenvalue weighted by Crippen LogP contribution is 2.20. The van der Waals surface area contributed by atoms with Crippen LogP contribution in [0.5, 0.6) is 5.75 Å². The van der Waals surface area contributed by atoms with E-state index in [9.17, 15) is 5.11 Å². The molecule has 1 aliphatic rings. The molecule has 2 rings (SSSR count). The van der Waals surface area contributed by atoms with Crippen molar-refractivity contribution < 1.29 is 5.11 Å². The van der Waals surface area contributed by atoms with Crippen molar-refractivity contribution in [3.63, 3.8) is 0 Å². The molecule has 1 unspecified atom stereocenters. The fraction of sp³-hybridized carbons (Fsp3) is 0.538. The summed E-state index contributed by atoms with van der Waals surface area (Å²) in [6.07, 6.45) is 2.48. The van der Waals surface area contributed by atoms with Gasteiger partial charge in [0.25, 0.3) is 0 Å². The molecule has 88 valence electrons. The molecule has 0 bridgehead atoms. The molecule has 0 amide bonds. The van der Waals surface area contributed by atoms with Gasteiger partial charge in [0.1, 0.15) is 5.75 Å². The van der Waals surface area contributed by atoms with Crippen molar-refractivity contribution in [2.75, 3.05) is 19.0 Å². The summed E-state index contributed by atoms with van der Waals surface area (Å²) in [5.41, 5.74) is 1.18. The number of alkyl halides is 1. The van der Waals surface area contributed by atoms with Gasteiger partial charge in [-0.25, -0.2) is 0 Å². The summed E-state index contributed by atoms with van der Waals surface area (Å²) in [5.74, 6) is 1.74. The number of hydrogen-bond donors (Lipinski definition) is 1. The molecule has 0 spiro atoms. The van der Waals surface area contributed by atoms with E-state index < -0.39 is 0 Å². The van der Waals surface area contributed by atoms with E-state index in [-0.39, 0.29) is 0 Å². The first-order valence-electron chi connectivity index (χ1n) is 5.84. The number of piperidine rings is 1. The summed E-state index contributed by atoms with van der Waals surface area (Å²) in [4.78, 5) is 2.42. The van der Waals surface area contributed by atoms with Gasteiger partial charge in [-0.05, 0) is 43.0 Å². The third-order valence-electron chi connectivity index (χ3n) is 3.14. The molecule has 0 saturated carbocycles. The average molecular weight is 240 g/mol. The third kappa shape index (κ3) is 3.13. The van der Waals surface area contributed by atoms with Gasteiger partial charge in [-0.3, -0.25) is 4.90 Å². The average Bonchev–Trinajstić information content (AvgIpc) is 2.29. The smallest absolute Gasteiger partial charge is 0.115 e. The van der Waals surface area contributed by atoms with E-state index in [2.05, 4.69) is 11.0 Å². The number of aromatic hydroxyl groups is 1. The molecule has 1 aliphatic heterocycles. The Labute approximate surface area is 102 Å². The molecule has 1 saturated heterocycles. The maximum absolute atomic E-state index is 9.40. The van der Waals surface area contributed by atoms with Crippen molar-refractivity contribution in [3.8, 4) is 5.75 Å². The zero-order valence-electron chi connectivity index (χ0n) is 9.40. The van der Waals surface area contributed by atoms with Crippen LogP contribution in [0.15, 0.2) is 24.3 Å². The number of nitrogens with zero attached hydrogens (tertiary/aromatic N) is 1. The predicted molar refractivity (Wildman–Crippen MR) is 66.8 cm³/mol. The second kappa shape index (κ2) is 5.55. The van der Waals surface area contributed by atoms with E-state index in [1.807, 2.05) is 12.1 Å². The first-order chi connectivity index (χ1) is 7.78. The van der Waals surface area contributed by atoms with Gasteiger partial charge in [-0.15, -0.1) is 11.6 Å². The quantitative estimate of drug-likeness (QED) is 0.820. The molecule has 1 heterocycles. The number of rotatable bonds is 3. The first-order valence-corrected chi connectivity index (χ1v) is 6.37. The number of likely N-dealkylation sites (tertiary alicyclic amines) is 1. The molecule has 1 N–H and O–H groups in total. The fourth-order valence-electron chi connectivity index (χ4n) is 2.33. The zero-order chi connectivity index (χ0) is 11.4. The molecule has 3 heteroatoms. The van der Waals surface area contributed by atoms with E-state index >= 15 is 0 Å². The summed E-state index contributed by atoms with van der Waals surface area (Å²) in [5, 5.41) is 9.40. The molecular weight excluding hydrogens is 222 g/mol. The van der Waals surface area contributed by atoms with E-state index in [1.54, 1.807) is 6.07 Å². The van der Waals surface area contributed by atoms with Crippen LogP contribution >= 0.6 is 11.6 Å². The Morgan fingerprint density at radius 1 is 1.44 bits per heavy atom. The van der Waals surface area contributed by atoms with Gasteiger partial charge in [0.2, 0.25) is 0 Å². The lowest BCUT2D eigenvalue weighted by Gasteiger charge is -2.31. The van der Waals surface area contributed by atoms with Crippen LogP contribution < -0.4 is 0 Å². The van der Waals surface area contributed by atoms with Crippen LogP contribution in [-0.4, -0.2) is 29.0 Å². The van der Waals surface area contributed by atoms with Crippen LogP contribution in [0.2, 0.25) is 0 Å². The van der Waals surface area contributed by atoms with Crippen LogP contribution in [0.3, 0.4) is 0 Å². The van der Waals surface area contributed by atoms with Crippen molar-refractivity contribution in [3.05, 3.63) is 29.8 Å². The van der Waals surface area contributed by atoms with Crippen LogP contribution in [0.4, 0.5) is 0 Å². The summed E-state index contributed by atoms with van der Waals surface area (Å²) in [6.45, 7) is 3.14. The number of hydrogen-bond acceptors (Lipinski definition) is 2. The summed E-state index contributed by atoms with van der Waals surface area (Å²) in [7, 11) is 0. The molecule has 2 nitrogen and oxygen atoms in total. The lowest BCUT2D eigenvalue weighted by molar-refractivity contribution is 0.178. The minimum Gasteiger partial charge on any atom is -0.508 e. The molecule has 16 heavy (non-hydrogen) atoms. The Bertz CT molecular complexity index is 342. The highest BCUT2D eigenvalue weighted by Gasteiger charge is 2.18. The molecule has 0 aliphatic carbocycles. The van der Waals surface area contributed by atoms with E-state index in [0.717, 1.165) is 25.5 Å². The molecule has 1 atom stereocenters. The van der Waals surface area contributed by atoms with Gasteiger partial charge in [0.05, 0.1) is 0 Å². The molecular formula is C13H18ClNO. The van der Waals surface area contributed by atoms with E-state index in [0.29, 0.717) is 11.7 Å². The number of phenols is 1. The SMILES string of the molecule is Oc1cccc(CN2CCCC(CCl)C2)c1. The maximum Gasteiger partial charge on any atom is 0.115 e.